The first-order chi connectivity index (χ1) is 7.84. The van der Waals surface area contributed by atoms with E-state index in [0.29, 0.717) is 10.6 Å². The highest BCUT2D eigenvalue weighted by atomic mass is 35.6. The summed E-state index contributed by atoms with van der Waals surface area (Å²) in [5.74, 6) is -0.806. The number of alkyl halides is 3. The third-order valence-corrected chi connectivity index (χ3v) is 2.47. The Labute approximate surface area is 119 Å². The zero-order chi connectivity index (χ0) is 13.1. The van der Waals surface area contributed by atoms with Gasteiger partial charge in [0.1, 0.15) is 5.76 Å². The van der Waals surface area contributed by atoms with Crippen molar-refractivity contribution >= 4 is 58.1 Å². The van der Waals surface area contributed by atoms with Crippen LogP contribution in [-0.2, 0) is 9.53 Å². The highest BCUT2D eigenvalue weighted by Crippen LogP contribution is 2.30. The van der Waals surface area contributed by atoms with Gasteiger partial charge in [-0.2, -0.15) is 0 Å². The lowest BCUT2D eigenvalue weighted by molar-refractivity contribution is -0.135. The van der Waals surface area contributed by atoms with Gasteiger partial charge in [0, 0.05) is 10.6 Å². The van der Waals surface area contributed by atoms with Gasteiger partial charge in [-0.15, -0.1) is 0 Å². The smallest absolute Gasteiger partial charge is 0.363 e. The van der Waals surface area contributed by atoms with Crippen LogP contribution in [0.3, 0.4) is 0 Å². The number of benzene rings is 1. The predicted octanol–water partition coefficient (Wildman–Crippen LogP) is 4.42. The summed E-state index contributed by atoms with van der Waals surface area (Å²) in [5.41, 5.74) is 0.611. The van der Waals surface area contributed by atoms with Crippen molar-refractivity contribution in [3.05, 3.63) is 40.9 Å². The number of hydrogen-bond acceptors (Lipinski definition) is 2. The average Bonchev–Trinajstić information content (AvgIpc) is 2.25. The first-order valence-electron chi connectivity index (χ1n) is 4.44. The monoisotopic (exact) mass is 311 g/mol. The van der Waals surface area contributed by atoms with E-state index in [9.17, 15) is 4.79 Å². The summed E-state index contributed by atoms with van der Waals surface area (Å²) in [6.45, 7) is 1.58. The molecule has 0 aliphatic heterocycles. The van der Waals surface area contributed by atoms with Crippen molar-refractivity contribution < 1.29 is 9.53 Å². The minimum atomic E-state index is -2.12. The normalized spacial score (nSPS) is 12.4. The molecule has 0 unspecified atom stereocenters. The largest absolute Gasteiger partial charge is 0.422 e. The first kappa shape index (κ1) is 14.7. The Morgan fingerprint density at radius 1 is 1.24 bits per heavy atom. The molecule has 0 aromatic heterocycles. The molecule has 0 heterocycles. The molecular weight excluding hydrogens is 306 g/mol. The van der Waals surface area contributed by atoms with Crippen LogP contribution in [0.5, 0.6) is 0 Å². The molecule has 1 aromatic rings. The molecule has 0 bridgehead atoms. The molecule has 1 radical (unpaired) electrons. The molecule has 0 saturated carbocycles. The van der Waals surface area contributed by atoms with Crippen molar-refractivity contribution in [3.8, 4) is 0 Å². The number of hydrogen-bond donors (Lipinski definition) is 0. The molecule has 0 fully saturated rings. The summed E-state index contributed by atoms with van der Waals surface area (Å²) in [4.78, 5) is 11.4. The van der Waals surface area contributed by atoms with E-state index < -0.39 is 9.76 Å². The van der Waals surface area contributed by atoms with Crippen LogP contribution in [0.4, 0.5) is 0 Å². The van der Waals surface area contributed by atoms with Gasteiger partial charge in [-0.3, -0.25) is 0 Å². The summed E-state index contributed by atoms with van der Waals surface area (Å²) in [5, 5.41) is 0.567. The Balaban J connectivity index is 2.88. The minimum absolute atomic E-state index is 0.179. The molecule has 0 aliphatic carbocycles. The standard InChI is InChI=1S/C11H7Cl4O2/c1-2-9(17-10(16)11(13,14)15)7-3-5-8(12)6-4-7/h3-6H,1H3. The maximum atomic E-state index is 11.4. The van der Waals surface area contributed by atoms with Gasteiger partial charge in [-0.05, 0) is 37.3 Å². The summed E-state index contributed by atoms with van der Waals surface area (Å²) in [6, 6.07) is 6.63. The first-order valence-corrected chi connectivity index (χ1v) is 5.95. The minimum Gasteiger partial charge on any atom is -0.422 e. The number of halogens is 4. The highest BCUT2D eigenvalue weighted by molar-refractivity contribution is 6.75. The Morgan fingerprint density at radius 2 is 1.76 bits per heavy atom. The second-order valence-corrected chi connectivity index (χ2v) is 5.69. The van der Waals surface area contributed by atoms with Crippen molar-refractivity contribution in [1.82, 2.24) is 0 Å². The Hall–Kier alpha value is -0.410. The lowest BCUT2D eigenvalue weighted by atomic mass is 10.2. The Morgan fingerprint density at radius 3 is 2.18 bits per heavy atom. The molecule has 6 heteroatoms. The molecule has 2 nitrogen and oxygen atoms in total. The van der Waals surface area contributed by atoms with E-state index in [1.54, 1.807) is 31.2 Å². The van der Waals surface area contributed by atoms with Crippen LogP contribution < -0.4 is 0 Å². The number of esters is 1. The van der Waals surface area contributed by atoms with Gasteiger partial charge >= 0.3 is 5.97 Å². The van der Waals surface area contributed by atoms with Crippen molar-refractivity contribution in [2.75, 3.05) is 0 Å². The molecule has 1 rings (SSSR count). The van der Waals surface area contributed by atoms with Gasteiger partial charge in [0.15, 0.2) is 0 Å². The fourth-order valence-corrected chi connectivity index (χ4v) is 1.25. The van der Waals surface area contributed by atoms with Crippen LogP contribution in [0.25, 0.3) is 5.76 Å². The molecular formula is C11H7Cl4O2. The van der Waals surface area contributed by atoms with Crippen LogP contribution in [0.1, 0.15) is 12.5 Å². The molecule has 0 amide bonds. The Bertz CT molecular complexity index is 432. The summed E-state index contributed by atoms with van der Waals surface area (Å²) < 4.78 is 2.80. The van der Waals surface area contributed by atoms with Gasteiger partial charge in [-0.1, -0.05) is 46.4 Å². The Kier molecular flexibility index (Phi) is 5.14. The van der Waals surface area contributed by atoms with Crippen molar-refractivity contribution in [1.29, 1.82) is 0 Å². The zero-order valence-corrected chi connectivity index (χ0v) is 11.7. The topological polar surface area (TPSA) is 26.3 Å². The molecule has 0 aliphatic rings. The molecule has 0 spiro atoms. The molecule has 1 aromatic carbocycles. The SMILES string of the molecule is C[C]=C(OC(=O)C(Cl)(Cl)Cl)c1ccc(Cl)cc1. The van der Waals surface area contributed by atoms with Gasteiger partial charge in [0.05, 0.1) is 0 Å². The lowest BCUT2D eigenvalue weighted by Crippen LogP contribution is -2.21. The molecule has 17 heavy (non-hydrogen) atoms. The van der Waals surface area contributed by atoms with E-state index in [2.05, 4.69) is 6.08 Å². The van der Waals surface area contributed by atoms with E-state index >= 15 is 0 Å². The third-order valence-electron chi connectivity index (χ3n) is 1.76. The second kappa shape index (κ2) is 5.96. The van der Waals surface area contributed by atoms with Gasteiger partial charge in [-0.25, -0.2) is 4.79 Å². The van der Waals surface area contributed by atoms with Crippen molar-refractivity contribution in [2.45, 2.75) is 10.7 Å². The third kappa shape index (κ3) is 4.40. The van der Waals surface area contributed by atoms with E-state index in [-0.39, 0.29) is 5.76 Å². The second-order valence-electron chi connectivity index (χ2n) is 2.97. The lowest BCUT2D eigenvalue weighted by Gasteiger charge is -2.12. The van der Waals surface area contributed by atoms with Gasteiger partial charge in [0.25, 0.3) is 3.79 Å². The zero-order valence-electron chi connectivity index (χ0n) is 8.64. The van der Waals surface area contributed by atoms with Crippen LogP contribution in [0, 0.1) is 6.08 Å². The highest BCUT2D eigenvalue weighted by Gasteiger charge is 2.33. The van der Waals surface area contributed by atoms with E-state index in [4.69, 9.17) is 51.1 Å². The number of ether oxygens (including phenoxy) is 1. The summed E-state index contributed by atoms with van der Waals surface area (Å²) in [6.07, 6.45) is 2.70. The maximum Gasteiger partial charge on any atom is 0.363 e. The average molecular weight is 313 g/mol. The van der Waals surface area contributed by atoms with Crippen LogP contribution in [0.2, 0.25) is 5.02 Å². The van der Waals surface area contributed by atoms with E-state index in [1.807, 2.05) is 0 Å². The van der Waals surface area contributed by atoms with Crippen LogP contribution in [0.15, 0.2) is 24.3 Å². The number of carbonyl (C=O) groups excluding carboxylic acids is 1. The van der Waals surface area contributed by atoms with E-state index in [0.717, 1.165) is 0 Å². The van der Waals surface area contributed by atoms with Crippen LogP contribution >= 0.6 is 46.4 Å². The summed E-state index contributed by atoms with van der Waals surface area (Å²) >= 11 is 21.9. The fourth-order valence-electron chi connectivity index (χ4n) is 1.01. The van der Waals surface area contributed by atoms with Crippen molar-refractivity contribution in [2.24, 2.45) is 0 Å². The van der Waals surface area contributed by atoms with Crippen molar-refractivity contribution in [3.63, 3.8) is 0 Å². The summed E-state index contributed by atoms with van der Waals surface area (Å²) in [7, 11) is 0. The predicted molar refractivity (Wildman–Crippen MR) is 70.2 cm³/mol. The number of rotatable bonds is 2. The molecule has 0 saturated heterocycles. The van der Waals surface area contributed by atoms with Gasteiger partial charge < -0.3 is 4.74 Å². The quantitative estimate of drug-likeness (QED) is 0.459. The molecule has 91 valence electrons. The van der Waals surface area contributed by atoms with E-state index in [1.165, 1.54) is 0 Å². The number of carbonyl (C=O) groups is 1. The maximum absolute atomic E-state index is 11.4. The fraction of sp³-hybridized carbons (Fsp3) is 0.182. The van der Waals surface area contributed by atoms with Gasteiger partial charge in [0.2, 0.25) is 0 Å². The van der Waals surface area contributed by atoms with Crippen LogP contribution in [-0.4, -0.2) is 9.76 Å². The molecule has 0 N–H and O–H groups in total. The number of allylic oxidation sites excluding steroid dienone is 1. The molecule has 0 atom stereocenters.